The van der Waals surface area contributed by atoms with Gasteiger partial charge in [0.05, 0.1) is 6.42 Å². The van der Waals surface area contributed by atoms with E-state index in [0.717, 1.165) is 11.3 Å². The van der Waals surface area contributed by atoms with Crippen molar-refractivity contribution < 1.29 is 23.8 Å². The molecule has 1 aromatic carbocycles. The van der Waals surface area contributed by atoms with Gasteiger partial charge >= 0.3 is 6.09 Å². The van der Waals surface area contributed by atoms with Gasteiger partial charge in [-0.15, -0.1) is 0 Å². The smallest absolute Gasteiger partial charge is 0.410 e. The summed E-state index contributed by atoms with van der Waals surface area (Å²) in [5.74, 6) is 1.46. The maximum absolute atomic E-state index is 12.6. The third-order valence-corrected chi connectivity index (χ3v) is 4.25. The van der Waals surface area contributed by atoms with E-state index in [1.54, 1.807) is 9.80 Å². The number of benzene rings is 1. The molecular formula is C19H26N2O5. The standard InChI is InChI=1S/C19H26N2O5/c1-19(2,3)26-18(23)21-8-6-20(7-9-21)17(22)13-14-4-5-15-16(12-14)25-11-10-24-15/h4-5,12H,6-11,13H2,1-3H3. The lowest BCUT2D eigenvalue weighted by atomic mass is 10.1. The normalized spacial score (nSPS) is 17.0. The van der Waals surface area contributed by atoms with Crippen LogP contribution in [-0.4, -0.2) is 66.8 Å². The van der Waals surface area contributed by atoms with Crippen LogP contribution in [0.1, 0.15) is 26.3 Å². The molecule has 0 spiro atoms. The fourth-order valence-corrected chi connectivity index (χ4v) is 2.95. The number of fused-ring (bicyclic) bond motifs is 1. The van der Waals surface area contributed by atoms with Crippen LogP contribution in [0.2, 0.25) is 0 Å². The SMILES string of the molecule is CC(C)(C)OC(=O)N1CCN(C(=O)Cc2ccc3c(c2)OCCO3)CC1. The molecule has 2 amide bonds. The van der Waals surface area contributed by atoms with Gasteiger partial charge in [-0.25, -0.2) is 4.79 Å². The van der Waals surface area contributed by atoms with Gasteiger partial charge in [0, 0.05) is 26.2 Å². The molecule has 2 heterocycles. The Morgan fingerprint density at radius 3 is 2.27 bits per heavy atom. The molecule has 1 saturated heterocycles. The summed E-state index contributed by atoms with van der Waals surface area (Å²) in [7, 11) is 0. The number of nitrogens with zero attached hydrogens (tertiary/aromatic N) is 2. The van der Waals surface area contributed by atoms with Crippen molar-refractivity contribution in [3.05, 3.63) is 23.8 Å². The average molecular weight is 362 g/mol. The summed E-state index contributed by atoms with van der Waals surface area (Å²) in [5.41, 5.74) is 0.385. The van der Waals surface area contributed by atoms with Crippen molar-refractivity contribution >= 4 is 12.0 Å². The maximum Gasteiger partial charge on any atom is 0.410 e. The summed E-state index contributed by atoms with van der Waals surface area (Å²) in [4.78, 5) is 28.1. The Labute approximate surface area is 153 Å². The summed E-state index contributed by atoms with van der Waals surface area (Å²) in [6, 6.07) is 5.60. The van der Waals surface area contributed by atoms with Gasteiger partial charge in [-0.1, -0.05) is 6.07 Å². The fraction of sp³-hybridized carbons (Fsp3) is 0.579. The van der Waals surface area contributed by atoms with Crippen LogP contribution >= 0.6 is 0 Å². The molecular weight excluding hydrogens is 336 g/mol. The van der Waals surface area contributed by atoms with Crippen molar-refractivity contribution in [3.63, 3.8) is 0 Å². The summed E-state index contributed by atoms with van der Waals surface area (Å²) in [6.07, 6.45) is -0.0141. The number of piperazine rings is 1. The number of ether oxygens (including phenoxy) is 3. The molecule has 1 aromatic rings. The van der Waals surface area contributed by atoms with E-state index in [4.69, 9.17) is 14.2 Å². The quantitative estimate of drug-likeness (QED) is 0.806. The predicted molar refractivity (Wildman–Crippen MR) is 95.5 cm³/mol. The summed E-state index contributed by atoms with van der Waals surface area (Å²) in [5, 5.41) is 0. The van der Waals surface area contributed by atoms with E-state index in [9.17, 15) is 9.59 Å². The highest BCUT2D eigenvalue weighted by molar-refractivity contribution is 5.79. The molecule has 26 heavy (non-hydrogen) atoms. The minimum atomic E-state index is -0.512. The van der Waals surface area contributed by atoms with Crippen LogP contribution < -0.4 is 9.47 Å². The van der Waals surface area contributed by atoms with E-state index in [0.29, 0.717) is 51.6 Å². The minimum absolute atomic E-state index is 0.0468. The van der Waals surface area contributed by atoms with Crippen LogP contribution in [0.5, 0.6) is 11.5 Å². The van der Waals surface area contributed by atoms with Crippen molar-refractivity contribution in [2.24, 2.45) is 0 Å². The Morgan fingerprint density at radius 1 is 1.00 bits per heavy atom. The molecule has 7 heteroatoms. The molecule has 1 fully saturated rings. The van der Waals surface area contributed by atoms with Gasteiger partial charge in [0.25, 0.3) is 0 Å². The number of carbonyl (C=O) groups excluding carboxylic acids is 2. The summed E-state index contributed by atoms with van der Waals surface area (Å²) < 4.78 is 16.4. The minimum Gasteiger partial charge on any atom is -0.486 e. The monoisotopic (exact) mass is 362 g/mol. The zero-order chi connectivity index (χ0) is 18.7. The van der Waals surface area contributed by atoms with Crippen LogP contribution in [0.25, 0.3) is 0 Å². The van der Waals surface area contributed by atoms with Crippen molar-refractivity contribution in [1.82, 2.24) is 9.80 Å². The van der Waals surface area contributed by atoms with Crippen molar-refractivity contribution in [3.8, 4) is 11.5 Å². The van der Waals surface area contributed by atoms with Crippen molar-refractivity contribution in [1.29, 1.82) is 0 Å². The third kappa shape index (κ3) is 4.59. The van der Waals surface area contributed by atoms with Gasteiger partial charge in [-0.2, -0.15) is 0 Å². The second kappa shape index (κ2) is 7.43. The third-order valence-electron chi connectivity index (χ3n) is 4.25. The first-order valence-corrected chi connectivity index (χ1v) is 8.96. The van der Waals surface area contributed by atoms with Crippen LogP contribution in [0.3, 0.4) is 0 Å². The molecule has 0 N–H and O–H groups in total. The van der Waals surface area contributed by atoms with Gasteiger partial charge in [0.15, 0.2) is 11.5 Å². The molecule has 0 bridgehead atoms. The molecule has 7 nitrogen and oxygen atoms in total. The molecule has 2 aliphatic rings. The van der Waals surface area contributed by atoms with E-state index in [2.05, 4.69) is 0 Å². The van der Waals surface area contributed by atoms with E-state index in [-0.39, 0.29) is 12.0 Å². The Balaban J connectivity index is 1.52. The molecule has 0 atom stereocenters. The summed E-state index contributed by atoms with van der Waals surface area (Å²) in [6.45, 7) is 8.62. The molecule has 2 aliphatic heterocycles. The zero-order valence-corrected chi connectivity index (χ0v) is 15.6. The van der Waals surface area contributed by atoms with Gasteiger partial charge < -0.3 is 24.0 Å². The van der Waals surface area contributed by atoms with Gasteiger partial charge in [0.1, 0.15) is 18.8 Å². The maximum atomic E-state index is 12.6. The topological polar surface area (TPSA) is 68.3 Å². The van der Waals surface area contributed by atoms with E-state index in [1.807, 2.05) is 39.0 Å². The highest BCUT2D eigenvalue weighted by atomic mass is 16.6. The fourth-order valence-electron chi connectivity index (χ4n) is 2.95. The largest absolute Gasteiger partial charge is 0.486 e. The first-order chi connectivity index (χ1) is 12.3. The van der Waals surface area contributed by atoms with Crippen LogP contribution in [0.4, 0.5) is 4.79 Å². The number of rotatable bonds is 2. The lowest BCUT2D eigenvalue weighted by Gasteiger charge is -2.35. The van der Waals surface area contributed by atoms with Crippen LogP contribution in [0, 0.1) is 0 Å². The van der Waals surface area contributed by atoms with E-state index < -0.39 is 5.60 Å². The van der Waals surface area contributed by atoms with Gasteiger partial charge in [-0.3, -0.25) is 4.79 Å². The molecule has 0 aromatic heterocycles. The van der Waals surface area contributed by atoms with Gasteiger partial charge in [0.2, 0.25) is 5.91 Å². The Hall–Kier alpha value is -2.44. The number of carbonyl (C=O) groups is 2. The molecule has 0 aliphatic carbocycles. The second-order valence-electron chi connectivity index (χ2n) is 7.50. The second-order valence-corrected chi connectivity index (χ2v) is 7.50. The van der Waals surface area contributed by atoms with E-state index in [1.165, 1.54) is 0 Å². The summed E-state index contributed by atoms with van der Waals surface area (Å²) >= 11 is 0. The molecule has 0 unspecified atom stereocenters. The average Bonchev–Trinajstić information content (AvgIpc) is 2.60. The first-order valence-electron chi connectivity index (χ1n) is 8.96. The molecule has 3 rings (SSSR count). The number of hydrogen-bond donors (Lipinski definition) is 0. The number of hydrogen-bond acceptors (Lipinski definition) is 5. The molecule has 142 valence electrons. The number of amides is 2. The zero-order valence-electron chi connectivity index (χ0n) is 15.6. The van der Waals surface area contributed by atoms with Crippen LogP contribution in [-0.2, 0) is 16.0 Å². The Bertz CT molecular complexity index is 675. The van der Waals surface area contributed by atoms with Crippen molar-refractivity contribution in [2.45, 2.75) is 32.8 Å². The Kier molecular flexibility index (Phi) is 5.25. The Morgan fingerprint density at radius 2 is 1.62 bits per heavy atom. The van der Waals surface area contributed by atoms with Crippen LogP contribution in [0.15, 0.2) is 18.2 Å². The molecule has 0 radical (unpaired) electrons. The first kappa shape index (κ1) is 18.4. The molecule has 0 saturated carbocycles. The highest BCUT2D eigenvalue weighted by Crippen LogP contribution is 2.31. The predicted octanol–water partition coefficient (Wildman–Crippen LogP) is 2.08. The van der Waals surface area contributed by atoms with E-state index >= 15 is 0 Å². The van der Waals surface area contributed by atoms with Gasteiger partial charge in [-0.05, 0) is 38.5 Å². The lowest BCUT2D eigenvalue weighted by Crippen LogP contribution is -2.52. The van der Waals surface area contributed by atoms with Crippen molar-refractivity contribution in [2.75, 3.05) is 39.4 Å². The highest BCUT2D eigenvalue weighted by Gasteiger charge is 2.27. The lowest BCUT2D eigenvalue weighted by molar-refractivity contribution is -0.132.